The Kier molecular flexibility index (Phi) is 4.58. The molecule has 88 valence electrons. The van der Waals surface area contributed by atoms with E-state index in [4.69, 9.17) is 0 Å². The van der Waals surface area contributed by atoms with Crippen LogP contribution >= 0.6 is 0 Å². The molecule has 2 unspecified atom stereocenters. The Morgan fingerprint density at radius 1 is 1.47 bits per heavy atom. The van der Waals surface area contributed by atoms with Crippen molar-refractivity contribution in [3.8, 4) is 0 Å². The molecule has 0 saturated carbocycles. The van der Waals surface area contributed by atoms with Crippen molar-refractivity contribution in [3.05, 3.63) is 0 Å². The van der Waals surface area contributed by atoms with E-state index in [1.807, 2.05) is 11.9 Å². The molecule has 3 nitrogen and oxygen atoms in total. The number of hydrogen-bond acceptors (Lipinski definition) is 2. The number of nitrogens with zero attached hydrogens (tertiary/aromatic N) is 1. The fourth-order valence-corrected chi connectivity index (χ4v) is 2.24. The third-order valence-corrected chi connectivity index (χ3v) is 2.93. The highest BCUT2D eigenvalue weighted by molar-refractivity contribution is 5.81. The molecule has 0 aliphatic carbocycles. The van der Waals surface area contributed by atoms with Crippen LogP contribution in [0.4, 0.5) is 0 Å². The van der Waals surface area contributed by atoms with Gasteiger partial charge in [-0.25, -0.2) is 0 Å². The van der Waals surface area contributed by atoms with Gasteiger partial charge < -0.3 is 10.2 Å². The molecule has 0 spiro atoms. The van der Waals surface area contributed by atoms with Crippen LogP contribution in [0.3, 0.4) is 0 Å². The molecule has 1 N–H and O–H groups in total. The van der Waals surface area contributed by atoms with Crippen LogP contribution in [0.2, 0.25) is 0 Å². The van der Waals surface area contributed by atoms with Crippen LogP contribution in [0.5, 0.6) is 0 Å². The first-order chi connectivity index (χ1) is 7.00. The summed E-state index contributed by atoms with van der Waals surface area (Å²) in [6.45, 7) is 7.29. The lowest BCUT2D eigenvalue weighted by Gasteiger charge is -2.31. The zero-order valence-corrected chi connectivity index (χ0v) is 10.4. The Hall–Kier alpha value is -0.570. The monoisotopic (exact) mass is 212 g/mol. The molecular formula is C12H24N2O. The number of piperidine rings is 1. The van der Waals surface area contributed by atoms with Crippen molar-refractivity contribution >= 4 is 5.91 Å². The maximum Gasteiger partial charge on any atom is 0.239 e. The number of amides is 1. The lowest BCUT2D eigenvalue weighted by Crippen LogP contribution is -2.51. The van der Waals surface area contributed by atoms with Gasteiger partial charge in [0.2, 0.25) is 5.91 Å². The molecule has 1 heterocycles. The van der Waals surface area contributed by atoms with Gasteiger partial charge in [-0.1, -0.05) is 13.8 Å². The lowest BCUT2D eigenvalue weighted by atomic mass is 9.98. The average molecular weight is 212 g/mol. The van der Waals surface area contributed by atoms with Gasteiger partial charge in [0.1, 0.15) is 0 Å². The van der Waals surface area contributed by atoms with Crippen molar-refractivity contribution in [2.45, 2.75) is 52.1 Å². The molecule has 1 saturated heterocycles. The number of nitrogens with one attached hydrogen (secondary N) is 1. The van der Waals surface area contributed by atoms with Crippen molar-refractivity contribution in [3.63, 3.8) is 0 Å². The maximum absolute atomic E-state index is 12.0. The predicted molar refractivity (Wildman–Crippen MR) is 62.7 cm³/mol. The molecule has 2 atom stereocenters. The highest BCUT2D eigenvalue weighted by atomic mass is 16.2. The topological polar surface area (TPSA) is 32.3 Å². The summed E-state index contributed by atoms with van der Waals surface area (Å²) in [6.07, 6.45) is 3.35. The molecule has 0 radical (unpaired) electrons. The zero-order valence-electron chi connectivity index (χ0n) is 10.4. The quantitative estimate of drug-likeness (QED) is 0.771. The average Bonchev–Trinajstić information content (AvgIpc) is 2.15. The van der Waals surface area contributed by atoms with E-state index in [0.29, 0.717) is 12.0 Å². The third kappa shape index (κ3) is 3.82. The molecule has 1 aliphatic heterocycles. The minimum atomic E-state index is 0.0532. The minimum Gasteiger partial charge on any atom is -0.344 e. The minimum absolute atomic E-state index is 0.0532. The summed E-state index contributed by atoms with van der Waals surface area (Å²) in [5, 5.41) is 3.38. The second-order valence-electron chi connectivity index (χ2n) is 5.16. The first-order valence-corrected chi connectivity index (χ1v) is 6.01. The van der Waals surface area contributed by atoms with Crippen LogP contribution in [-0.2, 0) is 4.79 Å². The Morgan fingerprint density at radius 3 is 2.67 bits per heavy atom. The van der Waals surface area contributed by atoms with Gasteiger partial charge >= 0.3 is 0 Å². The lowest BCUT2D eigenvalue weighted by molar-refractivity contribution is -0.133. The zero-order chi connectivity index (χ0) is 11.4. The Balaban J connectivity index is 2.44. The maximum atomic E-state index is 12.0. The number of carbonyl (C=O) groups is 1. The summed E-state index contributed by atoms with van der Waals surface area (Å²) in [4.78, 5) is 13.9. The molecule has 0 aromatic heterocycles. The van der Waals surface area contributed by atoms with Gasteiger partial charge in [0.15, 0.2) is 0 Å². The fourth-order valence-electron chi connectivity index (χ4n) is 2.24. The van der Waals surface area contributed by atoms with Crippen LogP contribution in [-0.4, -0.2) is 36.5 Å². The van der Waals surface area contributed by atoms with Gasteiger partial charge in [-0.2, -0.15) is 0 Å². The Labute approximate surface area is 93.2 Å². The van der Waals surface area contributed by atoms with E-state index < -0.39 is 0 Å². The van der Waals surface area contributed by atoms with E-state index in [1.54, 1.807) is 0 Å². The predicted octanol–water partition coefficient (Wildman–Crippen LogP) is 1.63. The van der Waals surface area contributed by atoms with Crippen LogP contribution in [0.1, 0.15) is 40.0 Å². The summed E-state index contributed by atoms with van der Waals surface area (Å²) < 4.78 is 0. The van der Waals surface area contributed by atoms with E-state index >= 15 is 0 Å². The first-order valence-electron chi connectivity index (χ1n) is 6.01. The van der Waals surface area contributed by atoms with Crippen LogP contribution in [0.25, 0.3) is 0 Å². The van der Waals surface area contributed by atoms with Gasteiger partial charge in [-0.05, 0) is 32.1 Å². The van der Waals surface area contributed by atoms with Gasteiger partial charge in [0.25, 0.3) is 0 Å². The summed E-state index contributed by atoms with van der Waals surface area (Å²) in [7, 11) is 1.91. The second kappa shape index (κ2) is 5.50. The second-order valence-corrected chi connectivity index (χ2v) is 5.16. The third-order valence-electron chi connectivity index (χ3n) is 2.93. The summed E-state index contributed by atoms with van der Waals surface area (Å²) >= 11 is 0. The van der Waals surface area contributed by atoms with Crippen molar-refractivity contribution < 1.29 is 4.79 Å². The molecule has 0 aromatic carbocycles. The molecule has 0 aromatic rings. The normalized spacial score (nSPS) is 26.7. The van der Waals surface area contributed by atoms with E-state index in [1.165, 1.54) is 12.8 Å². The number of likely N-dealkylation sites (N-methyl/N-ethyl adjacent to an activating group) is 1. The molecule has 1 fully saturated rings. The van der Waals surface area contributed by atoms with Crippen molar-refractivity contribution in [2.75, 3.05) is 13.6 Å². The van der Waals surface area contributed by atoms with E-state index in [0.717, 1.165) is 13.0 Å². The van der Waals surface area contributed by atoms with Crippen molar-refractivity contribution in [1.29, 1.82) is 0 Å². The largest absolute Gasteiger partial charge is 0.344 e. The highest BCUT2D eigenvalue weighted by Gasteiger charge is 2.26. The van der Waals surface area contributed by atoms with Crippen LogP contribution in [0, 0.1) is 5.92 Å². The van der Waals surface area contributed by atoms with Crippen LogP contribution in [0.15, 0.2) is 0 Å². The summed E-state index contributed by atoms with van der Waals surface area (Å²) in [5.74, 6) is 0.801. The standard InChI is InChI=1S/C12H24N2O/c1-9(2)8-14(4)12(15)11-7-5-6-10(3)13-11/h9-11,13H,5-8H2,1-4H3. The first kappa shape index (κ1) is 12.5. The molecule has 1 aliphatic rings. The number of carbonyl (C=O) groups excluding carboxylic acids is 1. The SMILES string of the molecule is CC(C)CN(C)C(=O)C1CCCC(C)N1. The molecule has 1 amide bonds. The number of rotatable bonds is 3. The number of hydrogen-bond donors (Lipinski definition) is 1. The van der Waals surface area contributed by atoms with Gasteiger partial charge in [-0.3, -0.25) is 4.79 Å². The van der Waals surface area contributed by atoms with Gasteiger partial charge in [-0.15, -0.1) is 0 Å². The molecule has 0 bridgehead atoms. The van der Waals surface area contributed by atoms with E-state index in [2.05, 4.69) is 26.1 Å². The smallest absolute Gasteiger partial charge is 0.239 e. The van der Waals surface area contributed by atoms with Crippen molar-refractivity contribution in [2.24, 2.45) is 5.92 Å². The van der Waals surface area contributed by atoms with E-state index in [9.17, 15) is 4.79 Å². The summed E-state index contributed by atoms with van der Waals surface area (Å²) in [6, 6.07) is 0.539. The van der Waals surface area contributed by atoms with Gasteiger partial charge in [0.05, 0.1) is 6.04 Å². The van der Waals surface area contributed by atoms with Gasteiger partial charge in [0, 0.05) is 19.6 Å². The summed E-state index contributed by atoms with van der Waals surface area (Å²) in [5.41, 5.74) is 0. The molecule has 15 heavy (non-hydrogen) atoms. The molecule has 3 heteroatoms. The molecule has 1 rings (SSSR count). The Morgan fingerprint density at radius 2 is 2.13 bits per heavy atom. The highest BCUT2D eigenvalue weighted by Crippen LogP contribution is 2.14. The van der Waals surface area contributed by atoms with Crippen LogP contribution < -0.4 is 5.32 Å². The van der Waals surface area contributed by atoms with Crippen molar-refractivity contribution in [1.82, 2.24) is 10.2 Å². The Bertz CT molecular complexity index is 216. The van der Waals surface area contributed by atoms with E-state index in [-0.39, 0.29) is 11.9 Å². The molecular weight excluding hydrogens is 188 g/mol. The fraction of sp³-hybridized carbons (Fsp3) is 0.917.